The van der Waals surface area contributed by atoms with Crippen LogP contribution in [0.1, 0.15) is 117 Å². The van der Waals surface area contributed by atoms with Crippen molar-refractivity contribution >= 4 is 10.1 Å². The smallest absolute Gasteiger partial charge is 0.267 e. The number of hydrogen-bond donors (Lipinski definition) is 1. The van der Waals surface area contributed by atoms with Crippen molar-refractivity contribution in [3.8, 4) is 0 Å². The summed E-state index contributed by atoms with van der Waals surface area (Å²) in [7, 11) is -3.87. The zero-order valence-electron chi connectivity index (χ0n) is 15.6. The van der Waals surface area contributed by atoms with Crippen LogP contribution in [0.3, 0.4) is 0 Å². The molecule has 0 spiro atoms. The van der Waals surface area contributed by atoms with Gasteiger partial charge in [-0.05, 0) is 12.8 Å². The van der Waals surface area contributed by atoms with Gasteiger partial charge < -0.3 is 0 Å². The molecule has 140 valence electrons. The highest BCUT2D eigenvalue weighted by Crippen LogP contribution is 2.19. The molecule has 0 aromatic rings. The predicted octanol–water partition coefficient (Wildman–Crippen LogP) is 6.52. The Morgan fingerprint density at radius 3 is 1.22 bits per heavy atom. The van der Waals surface area contributed by atoms with Crippen LogP contribution in [0.4, 0.5) is 0 Å². The van der Waals surface area contributed by atoms with E-state index in [1.807, 2.05) is 0 Å². The summed E-state index contributed by atoms with van der Waals surface area (Å²) in [4.78, 5) is 0. The molecule has 0 saturated heterocycles. The van der Waals surface area contributed by atoms with Crippen molar-refractivity contribution in [2.24, 2.45) is 0 Å². The van der Waals surface area contributed by atoms with Gasteiger partial charge in [0.05, 0.1) is 5.25 Å². The predicted molar refractivity (Wildman–Crippen MR) is 101 cm³/mol. The molecule has 0 atom stereocenters. The zero-order valence-corrected chi connectivity index (χ0v) is 16.4. The van der Waals surface area contributed by atoms with E-state index in [0.29, 0.717) is 12.8 Å². The van der Waals surface area contributed by atoms with E-state index in [9.17, 15) is 13.0 Å². The largest absolute Gasteiger partial charge is 0.285 e. The third-order valence-corrected chi connectivity index (χ3v) is 5.99. The summed E-state index contributed by atoms with van der Waals surface area (Å²) in [5.41, 5.74) is 0. The first kappa shape index (κ1) is 22.9. The van der Waals surface area contributed by atoms with Crippen molar-refractivity contribution in [2.75, 3.05) is 0 Å². The molecule has 0 aliphatic carbocycles. The van der Waals surface area contributed by atoms with Crippen molar-refractivity contribution in [2.45, 2.75) is 122 Å². The van der Waals surface area contributed by atoms with E-state index in [4.69, 9.17) is 0 Å². The number of hydrogen-bond acceptors (Lipinski definition) is 2. The third kappa shape index (κ3) is 15.2. The van der Waals surface area contributed by atoms with Crippen LogP contribution in [0.25, 0.3) is 0 Å². The summed E-state index contributed by atoms with van der Waals surface area (Å²) in [6.45, 7) is 4.42. The van der Waals surface area contributed by atoms with Gasteiger partial charge in [-0.25, -0.2) is 0 Å². The van der Waals surface area contributed by atoms with Crippen molar-refractivity contribution in [1.82, 2.24) is 0 Å². The van der Waals surface area contributed by atoms with E-state index in [2.05, 4.69) is 13.8 Å². The van der Waals surface area contributed by atoms with E-state index < -0.39 is 15.4 Å². The van der Waals surface area contributed by atoms with Gasteiger partial charge in [0.15, 0.2) is 0 Å². The van der Waals surface area contributed by atoms with Gasteiger partial charge in [-0.15, -0.1) is 0 Å². The van der Waals surface area contributed by atoms with Crippen LogP contribution in [-0.4, -0.2) is 18.2 Å². The van der Waals surface area contributed by atoms with E-state index in [0.717, 1.165) is 25.7 Å². The van der Waals surface area contributed by atoms with Gasteiger partial charge in [-0.3, -0.25) is 4.55 Å². The highest BCUT2D eigenvalue weighted by Gasteiger charge is 2.21. The van der Waals surface area contributed by atoms with Crippen LogP contribution in [0.2, 0.25) is 0 Å². The van der Waals surface area contributed by atoms with Crippen LogP contribution in [0.15, 0.2) is 0 Å². The summed E-state index contributed by atoms with van der Waals surface area (Å²) >= 11 is 0. The first-order valence-corrected chi connectivity index (χ1v) is 11.5. The molecule has 0 saturated carbocycles. The second kappa shape index (κ2) is 15.4. The van der Waals surface area contributed by atoms with Crippen LogP contribution >= 0.6 is 0 Å². The lowest BCUT2D eigenvalue weighted by atomic mass is 10.0. The average molecular weight is 349 g/mol. The standard InChI is InChI=1S/C19H40O3S/c1-3-5-7-9-11-13-15-17-19(23(20,21)22)18-16-14-12-10-8-6-4-2/h19H,3-18H2,1-2H3,(H,20,21,22). The van der Waals surface area contributed by atoms with Crippen LogP contribution in [-0.2, 0) is 10.1 Å². The van der Waals surface area contributed by atoms with Gasteiger partial charge in [0.2, 0.25) is 0 Å². The maximum Gasteiger partial charge on any atom is 0.267 e. The van der Waals surface area contributed by atoms with Gasteiger partial charge in [-0.1, -0.05) is 104 Å². The van der Waals surface area contributed by atoms with Crippen LogP contribution in [0.5, 0.6) is 0 Å². The quantitative estimate of drug-likeness (QED) is 0.240. The molecule has 0 rings (SSSR count). The molecule has 1 N–H and O–H groups in total. The topological polar surface area (TPSA) is 54.4 Å². The summed E-state index contributed by atoms with van der Waals surface area (Å²) < 4.78 is 32.4. The first-order chi connectivity index (χ1) is 11.0. The van der Waals surface area contributed by atoms with Crippen molar-refractivity contribution < 1.29 is 13.0 Å². The van der Waals surface area contributed by atoms with Crippen LogP contribution in [0, 0.1) is 0 Å². The SMILES string of the molecule is CCCCCCCCCC(CCCCCCCCC)S(=O)(=O)O. The van der Waals surface area contributed by atoms with Gasteiger partial charge in [-0.2, -0.15) is 8.42 Å². The Bertz CT molecular complexity index is 321. The Morgan fingerprint density at radius 1 is 0.609 bits per heavy atom. The minimum absolute atomic E-state index is 0.534. The normalized spacial score (nSPS) is 12.2. The summed E-state index contributed by atoms with van der Waals surface area (Å²) in [6.07, 6.45) is 17.8. The Kier molecular flexibility index (Phi) is 15.4. The van der Waals surface area contributed by atoms with Gasteiger partial charge in [0, 0.05) is 0 Å². The molecule has 0 fully saturated rings. The van der Waals surface area contributed by atoms with E-state index >= 15 is 0 Å². The lowest BCUT2D eigenvalue weighted by molar-refractivity contribution is 0.442. The number of unbranched alkanes of at least 4 members (excludes halogenated alkanes) is 12. The third-order valence-electron chi connectivity index (χ3n) is 4.68. The second-order valence-corrected chi connectivity index (χ2v) is 8.65. The summed E-state index contributed by atoms with van der Waals surface area (Å²) in [5.74, 6) is 0. The lowest BCUT2D eigenvalue weighted by Gasteiger charge is -2.13. The molecule has 0 amide bonds. The molecule has 0 bridgehead atoms. The summed E-state index contributed by atoms with van der Waals surface area (Å²) in [5, 5.41) is -0.534. The first-order valence-electron chi connectivity index (χ1n) is 9.98. The van der Waals surface area contributed by atoms with E-state index in [1.165, 1.54) is 64.2 Å². The monoisotopic (exact) mass is 348 g/mol. The maximum atomic E-state index is 11.5. The molecule has 0 radical (unpaired) electrons. The van der Waals surface area contributed by atoms with Crippen molar-refractivity contribution in [3.05, 3.63) is 0 Å². The second-order valence-electron chi connectivity index (χ2n) is 6.96. The Hall–Kier alpha value is -0.0900. The van der Waals surface area contributed by atoms with E-state index in [1.54, 1.807) is 0 Å². The summed E-state index contributed by atoms with van der Waals surface area (Å²) in [6, 6.07) is 0. The molecular weight excluding hydrogens is 308 g/mol. The Labute approximate surface area is 145 Å². The molecule has 4 heteroatoms. The highest BCUT2D eigenvalue weighted by molar-refractivity contribution is 7.86. The molecule has 23 heavy (non-hydrogen) atoms. The minimum Gasteiger partial charge on any atom is -0.285 e. The van der Waals surface area contributed by atoms with Gasteiger partial charge in [0.25, 0.3) is 10.1 Å². The van der Waals surface area contributed by atoms with Crippen molar-refractivity contribution in [3.63, 3.8) is 0 Å². The minimum atomic E-state index is -3.87. The fourth-order valence-corrected chi connectivity index (χ4v) is 4.03. The highest BCUT2D eigenvalue weighted by atomic mass is 32.2. The average Bonchev–Trinajstić information content (AvgIpc) is 2.50. The molecule has 0 heterocycles. The molecule has 3 nitrogen and oxygen atoms in total. The maximum absolute atomic E-state index is 11.5. The fourth-order valence-electron chi connectivity index (χ4n) is 3.10. The molecule has 0 aliphatic heterocycles. The Balaban J connectivity index is 3.74. The molecule has 0 aromatic carbocycles. The zero-order chi connectivity index (χ0) is 17.4. The lowest BCUT2D eigenvalue weighted by Crippen LogP contribution is -2.20. The molecular formula is C19H40O3S. The van der Waals surface area contributed by atoms with Gasteiger partial charge >= 0.3 is 0 Å². The number of rotatable bonds is 17. The molecule has 0 aliphatic rings. The molecule has 0 aromatic heterocycles. The van der Waals surface area contributed by atoms with Crippen molar-refractivity contribution in [1.29, 1.82) is 0 Å². The fraction of sp³-hybridized carbons (Fsp3) is 1.00. The van der Waals surface area contributed by atoms with E-state index in [-0.39, 0.29) is 0 Å². The molecule has 0 unspecified atom stereocenters. The van der Waals surface area contributed by atoms with Crippen LogP contribution < -0.4 is 0 Å². The van der Waals surface area contributed by atoms with Gasteiger partial charge in [0.1, 0.15) is 0 Å². The Morgan fingerprint density at radius 2 is 0.913 bits per heavy atom.